The van der Waals surface area contributed by atoms with Gasteiger partial charge in [-0.25, -0.2) is 4.98 Å². The van der Waals surface area contributed by atoms with Crippen LogP contribution in [0.3, 0.4) is 0 Å². The number of benzene rings is 3. The monoisotopic (exact) mass is 486 g/mol. The van der Waals surface area contributed by atoms with E-state index in [1.807, 2.05) is 30.3 Å². The van der Waals surface area contributed by atoms with Crippen LogP contribution in [0.25, 0.3) is 10.9 Å². The van der Waals surface area contributed by atoms with Crippen molar-refractivity contribution in [2.24, 2.45) is 0 Å². The third-order valence-corrected chi connectivity index (χ3v) is 6.35. The zero-order chi connectivity index (χ0) is 24.6. The molecule has 0 spiro atoms. The Hall–Kier alpha value is -3.91. The van der Waals surface area contributed by atoms with Crippen molar-refractivity contribution in [2.45, 2.75) is 31.5 Å². The maximum Gasteiger partial charge on any atom is 0.262 e. The number of hydrogen-bond donors (Lipinski definition) is 2. The number of fused-ring (bicyclic) bond motifs is 1. The minimum Gasteiger partial charge on any atom is -0.325 e. The van der Waals surface area contributed by atoms with Crippen molar-refractivity contribution in [3.05, 3.63) is 94.8 Å². The zero-order valence-corrected chi connectivity index (χ0v) is 20.2. The van der Waals surface area contributed by atoms with E-state index in [0.717, 1.165) is 12.8 Å². The molecule has 35 heavy (non-hydrogen) atoms. The van der Waals surface area contributed by atoms with Crippen molar-refractivity contribution in [3.63, 3.8) is 0 Å². The van der Waals surface area contributed by atoms with Gasteiger partial charge in [-0.15, -0.1) is 0 Å². The molecule has 0 bridgehead atoms. The predicted molar refractivity (Wildman–Crippen MR) is 141 cm³/mol. The second-order valence-electron chi connectivity index (χ2n) is 7.92. The van der Waals surface area contributed by atoms with Gasteiger partial charge in [0.15, 0.2) is 5.16 Å². The van der Waals surface area contributed by atoms with Crippen LogP contribution >= 0.6 is 11.8 Å². The van der Waals surface area contributed by atoms with E-state index in [9.17, 15) is 14.4 Å². The standard InChI is InChI=1S/C27H26N4O3S/c1-2-3-17-31-26(34)21-14-8-10-16-23(21)30-27(31)35-18-24(32)29-22-15-9-7-13-20(22)25(33)28-19-11-5-4-6-12-19/h4-16H,2-3,17-18H2,1H3,(H,28,33)(H,29,32). The fraction of sp³-hybridized carbons (Fsp3) is 0.185. The highest BCUT2D eigenvalue weighted by Crippen LogP contribution is 2.21. The van der Waals surface area contributed by atoms with Gasteiger partial charge in [-0.2, -0.15) is 0 Å². The molecule has 2 amide bonds. The first kappa shape index (κ1) is 24.2. The highest BCUT2D eigenvalue weighted by molar-refractivity contribution is 7.99. The maximum atomic E-state index is 13.0. The maximum absolute atomic E-state index is 13.0. The lowest BCUT2D eigenvalue weighted by molar-refractivity contribution is -0.113. The molecule has 0 saturated heterocycles. The van der Waals surface area contributed by atoms with Crippen LogP contribution in [0.5, 0.6) is 0 Å². The summed E-state index contributed by atoms with van der Waals surface area (Å²) in [5.74, 6) is -0.560. The summed E-state index contributed by atoms with van der Waals surface area (Å²) >= 11 is 1.21. The summed E-state index contributed by atoms with van der Waals surface area (Å²) in [6.07, 6.45) is 1.77. The number of amides is 2. The Bertz CT molecular complexity index is 1400. The van der Waals surface area contributed by atoms with Gasteiger partial charge in [-0.1, -0.05) is 67.6 Å². The predicted octanol–water partition coefficient (Wildman–Crippen LogP) is 5.18. The molecule has 0 aliphatic carbocycles. The minimum atomic E-state index is -0.315. The van der Waals surface area contributed by atoms with E-state index < -0.39 is 0 Å². The van der Waals surface area contributed by atoms with Gasteiger partial charge in [0.05, 0.1) is 27.9 Å². The summed E-state index contributed by atoms with van der Waals surface area (Å²) in [4.78, 5) is 43.3. The molecule has 2 N–H and O–H groups in total. The number of anilines is 2. The van der Waals surface area contributed by atoms with Crippen LogP contribution in [-0.2, 0) is 11.3 Å². The fourth-order valence-corrected chi connectivity index (χ4v) is 4.42. The quantitative estimate of drug-likeness (QED) is 0.251. The van der Waals surface area contributed by atoms with E-state index in [0.29, 0.717) is 39.5 Å². The summed E-state index contributed by atoms with van der Waals surface area (Å²) in [7, 11) is 0. The Morgan fingerprint density at radius 1 is 0.914 bits per heavy atom. The van der Waals surface area contributed by atoms with Crippen LogP contribution in [0.1, 0.15) is 30.1 Å². The van der Waals surface area contributed by atoms with Crippen molar-refractivity contribution in [2.75, 3.05) is 16.4 Å². The summed E-state index contributed by atoms with van der Waals surface area (Å²) in [6.45, 7) is 2.60. The number of nitrogens with zero attached hydrogens (tertiary/aromatic N) is 2. The Morgan fingerprint density at radius 2 is 1.63 bits per heavy atom. The van der Waals surface area contributed by atoms with Crippen molar-refractivity contribution in [1.82, 2.24) is 9.55 Å². The van der Waals surface area contributed by atoms with Crippen LogP contribution in [-0.4, -0.2) is 27.1 Å². The normalized spacial score (nSPS) is 10.8. The smallest absolute Gasteiger partial charge is 0.262 e. The molecule has 1 aromatic heterocycles. The number of carbonyl (C=O) groups is 2. The highest BCUT2D eigenvalue weighted by Gasteiger charge is 2.16. The second kappa shape index (κ2) is 11.5. The highest BCUT2D eigenvalue weighted by atomic mass is 32.2. The number of thioether (sulfide) groups is 1. The molecule has 4 rings (SSSR count). The van der Waals surface area contributed by atoms with Crippen LogP contribution in [0.2, 0.25) is 0 Å². The first-order valence-corrected chi connectivity index (χ1v) is 12.4. The van der Waals surface area contributed by atoms with Crippen molar-refractivity contribution >= 4 is 45.9 Å². The second-order valence-corrected chi connectivity index (χ2v) is 8.87. The topological polar surface area (TPSA) is 93.1 Å². The molecule has 3 aromatic carbocycles. The lowest BCUT2D eigenvalue weighted by Gasteiger charge is -2.14. The largest absolute Gasteiger partial charge is 0.325 e. The number of para-hydroxylation sites is 3. The van der Waals surface area contributed by atoms with Gasteiger partial charge in [0.1, 0.15) is 0 Å². The molecular weight excluding hydrogens is 460 g/mol. The number of hydrogen-bond acceptors (Lipinski definition) is 5. The lowest BCUT2D eigenvalue weighted by Crippen LogP contribution is -2.24. The molecule has 0 fully saturated rings. The Labute approximate surface area is 207 Å². The van der Waals surface area contributed by atoms with E-state index >= 15 is 0 Å². The van der Waals surface area contributed by atoms with Gasteiger partial charge < -0.3 is 10.6 Å². The summed E-state index contributed by atoms with van der Waals surface area (Å²) in [6, 6.07) is 23.2. The van der Waals surface area contributed by atoms with E-state index in [1.165, 1.54) is 11.8 Å². The van der Waals surface area contributed by atoms with Gasteiger partial charge >= 0.3 is 0 Å². The van der Waals surface area contributed by atoms with Crippen LogP contribution in [0, 0.1) is 0 Å². The molecule has 178 valence electrons. The van der Waals surface area contributed by atoms with E-state index in [2.05, 4.69) is 22.5 Å². The van der Waals surface area contributed by atoms with Gasteiger partial charge in [-0.3, -0.25) is 19.0 Å². The molecule has 0 atom stereocenters. The van der Waals surface area contributed by atoms with E-state index in [1.54, 1.807) is 53.1 Å². The summed E-state index contributed by atoms with van der Waals surface area (Å²) in [5, 5.41) is 6.73. The zero-order valence-electron chi connectivity index (χ0n) is 19.4. The third-order valence-electron chi connectivity index (χ3n) is 5.37. The number of aromatic nitrogens is 2. The van der Waals surface area contributed by atoms with Gasteiger partial charge in [0.2, 0.25) is 5.91 Å². The molecular formula is C27H26N4O3S. The minimum absolute atomic E-state index is 0.0472. The van der Waals surface area contributed by atoms with Crippen LogP contribution in [0.4, 0.5) is 11.4 Å². The molecule has 7 nitrogen and oxygen atoms in total. The first-order valence-electron chi connectivity index (χ1n) is 11.4. The molecule has 4 aromatic rings. The lowest BCUT2D eigenvalue weighted by atomic mass is 10.1. The number of carbonyl (C=O) groups excluding carboxylic acids is 2. The average Bonchev–Trinajstić information content (AvgIpc) is 2.88. The van der Waals surface area contributed by atoms with Crippen molar-refractivity contribution < 1.29 is 9.59 Å². The van der Waals surface area contributed by atoms with E-state index in [4.69, 9.17) is 0 Å². The molecule has 1 heterocycles. The Morgan fingerprint density at radius 3 is 2.43 bits per heavy atom. The first-order chi connectivity index (χ1) is 17.1. The molecule has 0 aliphatic rings. The third kappa shape index (κ3) is 5.96. The van der Waals surface area contributed by atoms with Crippen molar-refractivity contribution in [3.8, 4) is 0 Å². The van der Waals surface area contributed by atoms with E-state index in [-0.39, 0.29) is 23.1 Å². The number of rotatable bonds is 9. The van der Waals surface area contributed by atoms with Gasteiger partial charge in [0.25, 0.3) is 11.5 Å². The average molecular weight is 487 g/mol. The number of unbranched alkanes of at least 4 members (excludes halogenated alkanes) is 1. The van der Waals surface area contributed by atoms with Gasteiger partial charge in [-0.05, 0) is 42.8 Å². The molecule has 0 aliphatic heterocycles. The summed E-state index contributed by atoms with van der Waals surface area (Å²) in [5.41, 5.74) is 1.95. The molecule has 0 unspecified atom stereocenters. The Kier molecular flexibility index (Phi) is 7.95. The van der Waals surface area contributed by atoms with Crippen molar-refractivity contribution in [1.29, 1.82) is 0 Å². The SMILES string of the molecule is CCCCn1c(SCC(=O)Nc2ccccc2C(=O)Nc2ccccc2)nc2ccccc2c1=O. The number of nitrogens with one attached hydrogen (secondary N) is 2. The van der Waals surface area contributed by atoms with Gasteiger partial charge in [0, 0.05) is 12.2 Å². The molecule has 0 saturated carbocycles. The molecule has 0 radical (unpaired) electrons. The van der Waals surface area contributed by atoms with Crippen LogP contribution < -0.4 is 16.2 Å². The summed E-state index contributed by atoms with van der Waals surface area (Å²) < 4.78 is 1.64. The fourth-order valence-electron chi connectivity index (χ4n) is 3.60. The molecule has 8 heteroatoms. The van der Waals surface area contributed by atoms with Crippen LogP contribution in [0.15, 0.2) is 88.8 Å². The Balaban J connectivity index is 1.49.